The van der Waals surface area contributed by atoms with Crippen molar-refractivity contribution in [3.05, 3.63) is 100 Å². The fourth-order valence-corrected chi connectivity index (χ4v) is 6.14. The van der Waals surface area contributed by atoms with Crippen molar-refractivity contribution < 1.29 is 26.3 Å². The second-order valence-electron chi connectivity index (χ2n) is 9.04. The van der Waals surface area contributed by atoms with E-state index in [1.807, 2.05) is 37.3 Å². The second kappa shape index (κ2) is 11.5. The van der Waals surface area contributed by atoms with Gasteiger partial charge in [0.05, 0.1) is 23.2 Å². The topological polar surface area (TPSA) is 49.9 Å². The predicted molar refractivity (Wildman–Crippen MR) is 137 cm³/mol. The summed E-state index contributed by atoms with van der Waals surface area (Å²) in [5.74, 6) is 0. The Kier molecular flexibility index (Phi) is 8.60. The van der Waals surface area contributed by atoms with Crippen molar-refractivity contribution in [2.75, 3.05) is 32.7 Å². The molecule has 0 aliphatic carbocycles. The van der Waals surface area contributed by atoms with E-state index in [9.17, 15) is 21.6 Å². The molecule has 1 saturated heterocycles. The molecule has 1 atom stereocenters. The number of piperazine rings is 1. The largest absolute Gasteiger partial charge is 0.417 e. The zero-order valence-corrected chi connectivity index (χ0v) is 21.9. The third-order valence-corrected chi connectivity index (χ3v) is 8.55. The molecule has 0 radical (unpaired) electrons. The third-order valence-electron chi connectivity index (χ3n) is 6.34. The van der Waals surface area contributed by atoms with Gasteiger partial charge in [-0.05, 0) is 42.3 Å². The van der Waals surface area contributed by atoms with Gasteiger partial charge < -0.3 is 4.74 Å². The van der Waals surface area contributed by atoms with Crippen LogP contribution in [-0.4, -0.2) is 50.3 Å². The number of alkyl halides is 3. The first-order valence-corrected chi connectivity index (χ1v) is 13.7. The molecule has 0 amide bonds. The van der Waals surface area contributed by atoms with Gasteiger partial charge in [0.15, 0.2) is 0 Å². The fraction of sp³-hybridized carbons (Fsp3) is 0.333. The fourth-order valence-electron chi connectivity index (χ4n) is 4.38. The van der Waals surface area contributed by atoms with Crippen LogP contribution in [0.1, 0.15) is 28.4 Å². The molecule has 1 aliphatic rings. The molecule has 0 aromatic heterocycles. The van der Waals surface area contributed by atoms with Crippen LogP contribution in [0.4, 0.5) is 13.2 Å². The highest BCUT2D eigenvalue weighted by atomic mass is 35.5. The first kappa shape index (κ1) is 27.6. The lowest BCUT2D eigenvalue weighted by molar-refractivity contribution is -0.139. The second-order valence-corrected chi connectivity index (χ2v) is 11.4. The van der Waals surface area contributed by atoms with Crippen LogP contribution in [0.5, 0.6) is 0 Å². The van der Waals surface area contributed by atoms with Gasteiger partial charge in [0, 0.05) is 37.7 Å². The van der Waals surface area contributed by atoms with Crippen molar-refractivity contribution in [3.63, 3.8) is 0 Å². The minimum Gasteiger partial charge on any atom is -0.368 e. The van der Waals surface area contributed by atoms with E-state index < -0.39 is 26.7 Å². The van der Waals surface area contributed by atoms with E-state index in [-0.39, 0.29) is 19.2 Å². The number of nitrogens with zero attached hydrogens (tertiary/aromatic N) is 2. The number of ether oxygens (including phenoxy) is 1. The normalized spacial score (nSPS) is 16.6. The Morgan fingerprint density at radius 3 is 2.27 bits per heavy atom. The minimum atomic E-state index is -4.76. The quantitative estimate of drug-likeness (QED) is 0.347. The summed E-state index contributed by atoms with van der Waals surface area (Å²) in [5.41, 5.74) is 1.96. The van der Waals surface area contributed by atoms with Crippen molar-refractivity contribution in [2.24, 2.45) is 0 Å². The van der Waals surface area contributed by atoms with Gasteiger partial charge in [-0.15, -0.1) is 0 Å². The molecule has 198 valence electrons. The zero-order chi connectivity index (χ0) is 26.6. The highest BCUT2D eigenvalue weighted by molar-refractivity contribution is 7.89. The van der Waals surface area contributed by atoms with Crippen LogP contribution in [0.15, 0.2) is 77.7 Å². The van der Waals surface area contributed by atoms with Gasteiger partial charge in [-0.3, -0.25) is 4.90 Å². The van der Waals surface area contributed by atoms with Gasteiger partial charge in [0.1, 0.15) is 0 Å². The van der Waals surface area contributed by atoms with E-state index in [0.717, 1.165) is 33.1 Å². The van der Waals surface area contributed by atoms with Gasteiger partial charge in [0.2, 0.25) is 10.0 Å². The standard InChI is InChI=1S/C27H28ClF3N2O3S/c1-20-5-4-6-21(17-20)19-36-25(22-9-11-23(28)12-10-22)18-32-13-15-33(16-14-32)37(34,35)26-8-3-2-7-24(26)27(29,30)31/h2-12,17,25H,13-16,18-19H2,1H3. The van der Waals surface area contributed by atoms with Crippen LogP contribution < -0.4 is 0 Å². The zero-order valence-electron chi connectivity index (χ0n) is 20.3. The summed E-state index contributed by atoms with van der Waals surface area (Å²) in [5, 5.41) is 0.610. The van der Waals surface area contributed by atoms with Gasteiger partial charge in [-0.1, -0.05) is 65.7 Å². The highest BCUT2D eigenvalue weighted by Gasteiger charge is 2.39. The first-order chi connectivity index (χ1) is 17.5. The number of rotatable bonds is 8. The number of halogens is 4. The maximum Gasteiger partial charge on any atom is 0.417 e. The van der Waals surface area contributed by atoms with E-state index in [2.05, 4.69) is 11.0 Å². The molecule has 0 bridgehead atoms. The maximum absolute atomic E-state index is 13.4. The van der Waals surface area contributed by atoms with Crippen LogP contribution in [0.3, 0.4) is 0 Å². The van der Waals surface area contributed by atoms with Gasteiger partial charge in [0.25, 0.3) is 0 Å². The molecule has 1 aliphatic heterocycles. The lowest BCUT2D eigenvalue weighted by Gasteiger charge is -2.36. The smallest absolute Gasteiger partial charge is 0.368 e. The summed E-state index contributed by atoms with van der Waals surface area (Å²) in [6, 6.07) is 19.7. The van der Waals surface area contributed by atoms with Crippen molar-refractivity contribution in [3.8, 4) is 0 Å². The lowest BCUT2D eigenvalue weighted by atomic mass is 10.1. The van der Waals surface area contributed by atoms with Gasteiger partial charge >= 0.3 is 6.18 Å². The SMILES string of the molecule is Cc1cccc(COC(CN2CCN(S(=O)(=O)c3ccccc3C(F)(F)F)CC2)c2ccc(Cl)cc2)c1. The average Bonchev–Trinajstić information content (AvgIpc) is 2.87. The number of benzene rings is 3. The summed E-state index contributed by atoms with van der Waals surface area (Å²) >= 11 is 6.06. The molecular formula is C27H28ClF3N2O3S. The van der Waals surface area contributed by atoms with E-state index in [1.165, 1.54) is 12.1 Å². The van der Waals surface area contributed by atoms with Crippen LogP contribution in [-0.2, 0) is 27.5 Å². The van der Waals surface area contributed by atoms with Crippen molar-refractivity contribution in [1.82, 2.24) is 9.21 Å². The van der Waals surface area contributed by atoms with Crippen LogP contribution in [0.2, 0.25) is 5.02 Å². The third kappa shape index (κ3) is 6.91. The number of hydrogen-bond donors (Lipinski definition) is 0. The van der Waals surface area contributed by atoms with Crippen LogP contribution >= 0.6 is 11.6 Å². The molecule has 10 heteroatoms. The summed E-state index contributed by atoms with van der Waals surface area (Å²) in [6.07, 6.45) is -5.06. The Labute approximate surface area is 220 Å². The minimum absolute atomic E-state index is 0.0831. The van der Waals surface area contributed by atoms with E-state index in [0.29, 0.717) is 31.3 Å². The molecule has 37 heavy (non-hydrogen) atoms. The summed E-state index contributed by atoms with van der Waals surface area (Å²) < 4.78 is 73.9. The monoisotopic (exact) mass is 552 g/mol. The molecule has 1 heterocycles. The summed E-state index contributed by atoms with van der Waals surface area (Å²) in [4.78, 5) is 1.36. The number of sulfonamides is 1. The van der Waals surface area contributed by atoms with E-state index in [4.69, 9.17) is 16.3 Å². The molecule has 1 fully saturated rings. The Morgan fingerprint density at radius 1 is 0.946 bits per heavy atom. The molecule has 1 unspecified atom stereocenters. The molecule has 0 saturated carbocycles. The van der Waals surface area contributed by atoms with E-state index >= 15 is 0 Å². The molecule has 3 aromatic rings. The lowest BCUT2D eigenvalue weighted by Crippen LogP contribution is -2.49. The first-order valence-electron chi connectivity index (χ1n) is 11.9. The Bertz CT molecular complexity index is 1310. The van der Waals surface area contributed by atoms with Crippen LogP contribution in [0.25, 0.3) is 0 Å². The number of aryl methyl sites for hydroxylation is 1. The van der Waals surface area contributed by atoms with Crippen molar-refractivity contribution >= 4 is 21.6 Å². The summed E-state index contributed by atoms with van der Waals surface area (Å²) in [6.45, 7) is 3.81. The molecule has 5 nitrogen and oxygen atoms in total. The Morgan fingerprint density at radius 2 is 1.62 bits per heavy atom. The van der Waals surface area contributed by atoms with Gasteiger partial charge in [-0.25, -0.2) is 8.42 Å². The molecule has 4 rings (SSSR count). The molecule has 3 aromatic carbocycles. The average molecular weight is 553 g/mol. The van der Waals surface area contributed by atoms with Crippen molar-refractivity contribution in [1.29, 1.82) is 0 Å². The molecular weight excluding hydrogens is 525 g/mol. The molecule has 0 N–H and O–H groups in total. The highest BCUT2D eigenvalue weighted by Crippen LogP contribution is 2.35. The number of hydrogen-bond acceptors (Lipinski definition) is 4. The predicted octanol–water partition coefficient (Wildman–Crippen LogP) is 5.93. The van der Waals surface area contributed by atoms with Gasteiger partial charge in [-0.2, -0.15) is 17.5 Å². The van der Waals surface area contributed by atoms with Crippen molar-refractivity contribution in [2.45, 2.75) is 30.7 Å². The Hall–Kier alpha value is -2.43. The van der Waals surface area contributed by atoms with E-state index in [1.54, 1.807) is 12.1 Å². The summed E-state index contributed by atoms with van der Waals surface area (Å²) in [7, 11) is -4.29. The Balaban J connectivity index is 1.45. The molecule has 0 spiro atoms. The van der Waals surface area contributed by atoms with Crippen LogP contribution in [0, 0.1) is 6.92 Å². The maximum atomic E-state index is 13.4.